The van der Waals surface area contributed by atoms with Crippen LogP contribution in [0.3, 0.4) is 0 Å². The minimum absolute atomic E-state index is 0.0553. The highest BCUT2D eigenvalue weighted by Crippen LogP contribution is 2.25. The maximum Gasteiger partial charge on any atom is 0.302 e. The molecule has 3 aromatic rings. The van der Waals surface area contributed by atoms with Crippen LogP contribution in [0.4, 0.5) is 6.01 Å². The van der Waals surface area contributed by atoms with Crippen molar-refractivity contribution in [3.63, 3.8) is 0 Å². The summed E-state index contributed by atoms with van der Waals surface area (Å²) in [5.41, 5.74) is 2.07. The Morgan fingerprint density at radius 1 is 1.32 bits per heavy atom. The van der Waals surface area contributed by atoms with Crippen molar-refractivity contribution in [1.82, 2.24) is 9.88 Å². The number of likely N-dealkylation sites (tertiary alicyclic amines) is 1. The van der Waals surface area contributed by atoms with Gasteiger partial charge in [-0.1, -0.05) is 23.7 Å². The minimum atomic E-state index is -0.454. The van der Waals surface area contributed by atoms with Crippen molar-refractivity contribution >= 4 is 40.5 Å². The van der Waals surface area contributed by atoms with Crippen LogP contribution in [0.2, 0.25) is 5.02 Å². The van der Waals surface area contributed by atoms with Crippen molar-refractivity contribution in [2.45, 2.75) is 13.0 Å². The third kappa shape index (κ3) is 3.80. The Kier molecular flexibility index (Phi) is 4.92. The number of oxazole rings is 1. The molecule has 144 valence electrons. The first-order valence-electron chi connectivity index (χ1n) is 8.79. The molecule has 4 rings (SSSR count). The molecule has 0 bridgehead atoms. The van der Waals surface area contributed by atoms with Crippen LogP contribution >= 0.6 is 11.6 Å². The molecule has 1 fully saturated rings. The average molecular weight is 400 g/mol. The summed E-state index contributed by atoms with van der Waals surface area (Å²) in [6.45, 7) is 0.802. The van der Waals surface area contributed by atoms with Gasteiger partial charge in [-0.3, -0.25) is 14.9 Å². The molecule has 0 spiro atoms. The highest BCUT2D eigenvalue weighted by molar-refractivity contribution is 6.31. The summed E-state index contributed by atoms with van der Waals surface area (Å²) < 4.78 is 10.7. The summed E-state index contributed by atoms with van der Waals surface area (Å²) in [6.07, 6.45) is 0.161. The minimum Gasteiger partial charge on any atom is -0.497 e. The number of anilines is 1. The van der Waals surface area contributed by atoms with Gasteiger partial charge in [0.2, 0.25) is 11.8 Å². The van der Waals surface area contributed by atoms with Crippen molar-refractivity contribution in [2.24, 2.45) is 5.92 Å². The van der Waals surface area contributed by atoms with Crippen LogP contribution in [0.5, 0.6) is 5.75 Å². The number of nitrogens with zero attached hydrogens (tertiary/aromatic N) is 2. The summed E-state index contributed by atoms with van der Waals surface area (Å²) in [7, 11) is 1.60. The highest BCUT2D eigenvalue weighted by Gasteiger charge is 2.34. The third-order valence-electron chi connectivity index (χ3n) is 4.70. The molecule has 1 N–H and O–H groups in total. The molecule has 2 heterocycles. The van der Waals surface area contributed by atoms with Gasteiger partial charge in [0.05, 0.1) is 13.0 Å². The Labute approximate surface area is 166 Å². The van der Waals surface area contributed by atoms with E-state index < -0.39 is 5.92 Å². The monoisotopic (exact) mass is 399 g/mol. The topological polar surface area (TPSA) is 84.7 Å². The number of aromatic nitrogens is 1. The molecule has 2 aromatic carbocycles. The van der Waals surface area contributed by atoms with Crippen LogP contribution in [-0.2, 0) is 16.1 Å². The second-order valence-electron chi connectivity index (χ2n) is 6.64. The summed E-state index contributed by atoms with van der Waals surface area (Å²) in [4.78, 5) is 30.8. The predicted octanol–water partition coefficient (Wildman–Crippen LogP) is 3.48. The van der Waals surface area contributed by atoms with Crippen molar-refractivity contribution < 1.29 is 18.7 Å². The molecular formula is C20H18ClN3O4. The van der Waals surface area contributed by atoms with Crippen LogP contribution in [0.25, 0.3) is 11.1 Å². The molecule has 28 heavy (non-hydrogen) atoms. The van der Waals surface area contributed by atoms with Gasteiger partial charge >= 0.3 is 6.01 Å². The largest absolute Gasteiger partial charge is 0.497 e. The maximum absolute atomic E-state index is 12.6. The fourth-order valence-corrected chi connectivity index (χ4v) is 3.37. The Hall–Kier alpha value is -3.06. The number of carbonyl (C=O) groups is 2. The standard InChI is InChI=1S/C20H18ClN3O4/c1-27-15-5-2-12(3-6-15)10-24-11-13(8-18(24)25)19(26)23-20-22-16-7-4-14(21)9-17(16)28-20/h2-7,9,13H,8,10-11H2,1H3,(H,22,23,26)/t13-/m0/s1. The Morgan fingerprint density at radius 2 is 2.11 bits per heavy atom. The number of fused-ring (bicyclic) bond motifs is 1. The van der Waals surface area contributed by atoms with Crippen LogP contribution in [-0.4, -0.2) is 35.4 Å². The molecule has 8 heteroatoms. The zero-order valence-corrected chi connectivity index (χ0v) is 15.9. The van der Waals surface area contributed by atoms with Crippen molar-refractivity contribution in [1.29, 1.82) is 0 Å². The smallest absolute Gasteiger partial charge is 0.302 e. The lowest BCUT2D eigenvalue weighted by Crippen LogP contribution is -2.28. The van der Waals surface area contributed by atoms with Crippen molar-refractivity contribution in [3.8, 4) is 5.75 Å². The fourth-order valence-electron chi connectivity index (χ4n) is 3.21. The molecule has 1 aliphatic heterocycles. The summed E-state index contributed by atoms with van der Waals surface area (Å²) >= 11 is 5.93. The lowest BCUT2D eigenvalue weighted by molar-refractivity contribution is -0.128. The van der Waals surface area contributed by atoms with Crippen LogP contribution in [0, 0.1) is 5.92 Å². The van der Waals surface area contributed by atoms with Gasteiger partial charge in [-0.25, -0.2) is 0 Å². The van der Waals surface area contributed by atoms with Gasteiger partial charge in [0.15, 0.2) is 5.58 Å². The van der Waals surface area contributed by atoms with E-state index in [9.17, 15) is 9.59 Å². The Bertz CT molecular complexity index is 1030. The number of hydrogen-bond acceptors (Lipinski definition) is 5. The lowest BCUT2D eigenvalue weighted by atomic mass is 10.1. The Morgan fingerprint density at radius 3 is 2.86 bits per heavy atom. The van der Waals surface area contributed by atoms with Gasteiger partial charge in [0, 0.05) is 30.6 Å². The molecule has 0 unspecified atom stereocenters. The number of benzene rings is 2. The number of rotatable bonds is 5. The van der Waals surface area contributed by atoms with Gasteiger partial charge < -0.3 is 14.1 Å². The molecule has 0 aliphatic carbocycles. The number of nitrogens with one attached hydrogen (secondary N) is 1. The quantitative estimate of drug-likeness (QED) is 0.710. The van der Waals surface area contributed by atoms with Gasteiger partial charge in [-0.15, -0.1) is 0 Å². The zero-order valence-electron chi connectivity index (χ0n) is 15.1. The number of carbonyl (C=O) groups excluding carboxylic acids is 2. The average Bonchev–Trinajstić information content (AvgIpc) is 3.25. The predicted molar refractivity (Wildman–Crippen MR) is 104 cm³/mol. The van der Waals surface area contributed by atoms with Crippen molar-refractivity contribution in [2.75, 3.05) is 19.0 Å². The number of hydrogen-bond donors (Lipinski definition) is 1. The second-order valence-corrected chi connectivity index (χ2v) is 7.08. The fraction of sp³-hybridized carbons (Fsp3) is 0.250. The summed E-state index contributed by atoms with van der Waals surface area (Å²) in [5.74, 6) is -0.0405. The van der Waals surface area contributed by atoms with E-state index in [1.807, 2.05) is 24.3 Å². The third-order valence-corrected chi connectivity index (χ3v) is 4.93. The van der Waals surface area contributed by atoms with E-state index in [1.54, 1.807) is 30.2 Å². The first-order chi connectivity index (χ1) is 13.5. The van der Waals surface area contributed by atoms with E-state index in [0.717, 1.165) is 11.3 Å². The molecule has 7 nitrogen and oxygen atoms in total. The molecule has 1 aliphatic rings. The highest BCUT2D eigenvalue weighted by atomic mass is 35.5. The SMILES string of the molecule is COc1ccc(CN2C[C@@H](C(=O)Nc3nc4ccc(Cl)cc4o3)CC2=O)cc1. The normalized spacial score (nSPS) is 16.6. The molecular weight excluding hydrogens is 382 g/mol. The van der Waals surface area contributed by atoms with Gasteiger partial charge in [0.25, 0.3) is 0 Å². The van der Waals surface area contributed by atoms with Crippen LogP contribution in [0.1, 0.15) is 12.0 Å². The maximum atomic E-state index is 12.6. The van der Waals surface area contributed by atoms with E-state index in [0.29, 0.717) is 29.2 Å². The van der Waals surface area contributed by atoms with E-state index >= 15 is 0 Å². The van der Waals surface area contributed by atoms with E-state index in [4.69, 9.17) is 20.8 Å². The number of amides is 2. The zero-order chi connectivity index (χ0) is 19.7. The summed E-state index contributed by atoms with van der Waals surface area (Å²) in [6, 6.07) is 12.7. The first-order valence-corrected chi connectivity index (χ1v) is 9.17. The molecule has 1 aromatic heterocycles. The molecule has 0 saturated carbocycles. The molecule has 0 radical (unpaired) electrons. The number of ether oxygens (including phenoxy) is 1. The second kappa shape index (κ2) is 7.52. The van der Waals surface area contributed by atoms with Crippen LogP contribution in [0.15, 0.2) is 46.9 Å². The van der Waals surface area contributed by atoms with E-state index in [-0.39, 0.29) is 24.2 Å². The van der Waals surface area contributed by atoms with Crippen molar-refractivity contribution in [3.05, 3.63) is 53.1 Å². The summed E-state index contributed by atoms with van der Waals surface area (Å²) in [5, 5.41) is 3.18. The Balaban J connectivity index is 1.40. The molecule has 1 atom stereocenters. The van der Waals surface area contributed by atoms with E-state index in [2.05, 4.69) is 10.3 Å². The molecule has 1 saturated heterocycles. The van der Waals surface area contributed by atoms with Gasteiger partial charge in [-0.2, -0.15) is 4.98 Å². The van der Waals surface area contributed by atoms with Gasteiger partial charge in [0.1, 0.15) is 11.3 Å². The van der Waals surface area contributed by atoms with Crippen LogP contribution < -0.4 is 10.1 Å². The number of halogens is 1. The first kappa shape index (κ1) is 18.3. The molecule has 2 amide bonds. The number of methoxy groups -OCH3 is 1. The lowest BCUT2D eigenvalue weighted by Gasteiger charge is -2.16. The van der Waals surface area contributed by atoms with Gasteiger partial charge in [-0.05, 0) is 29.8 Å². The van der Waals surface area contributed by atoms with E-state index in [1.165, 1.54) is 0 Å².